The molecule has 0 saturated carbocycles. The topological polar surface area (TPSA) is 15.3 Å². The minimum atomic E-state index is 0.375. The van der Waals surface area contributed by atoms with Crippen molar-refractivity contribution in [3.8, 4) is 0 Å². The van der Waals surface area contributed by atoms with Crippen LogP contribution in [0.25, 0.3) is 0 Å². The van der Waals surface area contributed by atoms with Crippen LogP contribution >= 0.6 is 11.8 Å². The fourth-order valence-corrected chi connectivity index (χ4v) is 2.97. The average molecular weight is 244 g/mol. The Morgan fingerprint density at radius 2 is 2.12 bits per heavy atom. The molecule has 0 aromatic heterocycles. The Hall–Kier alpha value is 0.270. The zero-order valence-electron chi connectivity index (χ0n) is 11.4. The molecular formula is C13H28N2S. The average Bonchev–Trinajstić information content (AvgIpc) is 2.32. The molecule has 1 heterocycles. The molecule has 1 N–H and O–H groups in total. The number of nitrogens with zero attached hydrogens (tertiary/aromatic N) is 1. The number of piperazine rings is 1. The second kappa shape index (κ2) is 6.87. The largest absolute Gasteiger partial charge is 0.311 e. The molecule has 1 rings (SSSR count). The van der Waals surface area contributed by atoms with E-state index in [0.717, 1.165) is 6.54 Å². The van der Waals surface area contributed by atoms with Crippen LogP contribution in [0.1, 0.15) is 40.5 Å². The van der Waals surface area contributed by atoms with Gasteiger partial charge in [-0.05, 0) is 25.5 Å². The molecule has 2 unspecified atom stereocenters. The molecule has 0 radical (unpaired) electrons. The quantitative estimate of drug-likeness (QED) is 0.723. The Morgan fingerprint density at radius 1 is 1.38 bits per heavy atom. The number of nitrogens with one attached hydrogen (secondary N) is 1. The minimum absolute atomic E-state index is 0.375. The van der Waals surface area contributed by atoms with Gasteiger partial charge in [-0.2, -0.15) is 11.8 Å². The van der Waals surface area contributed by atoms with Gasteiger partial charge in [-0.25, -0.2) is 0 Å². The van der Waals surface area contributed by atoms with Crippen molar-refractivity contribution < 1.29 is 0 Å². The van der Waals surface area contributed by atoms with Crippen molar-refractivity contribution in [1.29, 1.82) is 0 Å². The Balaban J connectivity index is 2.50. The lowest BCUT2D eigenvalue weighted by Gasteiger charge is -2.48. The van der Waals surface area contributed by atoms with Gasteiger partial charge in [0.05, 0.1) is 0 Å². The summed E-state index contributed by atoms with van der Waals surface area (Å²) in [7, 11) is 0. The first-order valence-electron chi connectivity index (χ1n) is 6.72. The van der Waals surface area contributed by atoms with Crippen LogP contribution in [-0.4, -0.2) is 47.6 Å². The number of rotatable bonds is 6. The van der Waals surface area contributed by atoms with Crippen LogP contribution in [0, 0.1) is 0 Å². The first-order valence-corrected chi connectivity index (χ1v) is 7.88. The molecule has 0 aromatic rings. The Morgan fingerprint density at radius 3 is 2.69 bits per heavy atom. The van der Waals surface area contributed by atoms with E-state index in [1.807, 2.05) is 0 Å². The van der Waals surface area contributed by atoms with Crippen LogP contribution in [0.5, 0.6) is 0 Å². The highest BCUT2D eigenvalue weighted by Crippen LogP contribution is 2.23. The second-order valence-corrected chi connectivity index (χ2v) is 6.37. The van der Waals surface area contributed by atoms with Gasteiger partial charge in [0.15, 0.2) is 0 Å². The van der Waals surface area contributed by atoms with Crippen LogP contribution in [0.3, 0.4) is 0 Å². The van der Waals surface area contributed by atoms with E-state index in [1.165, 1.54) is 37.4 Å². The molecule has 3 heteroatoms. The van der Waals surface area contributed by atoms with Crippen LogP contribution in [0.2, 0.25) is 0 Å². The van der Waals surface area contributed by atoms with Gasteiger partial charge in [0.25, 0.3) is 0 Å². The summed E-state index contributed by atoms with van der Waals surface area (Å²) in [6, 6.07) is 0.700. The summed E-state index contributed by atoms with van der Waals surface area (Å²) in [4.78, 5) is 2.71. The first-order chi connectivity index (χ1) is 7.66. The first kappa shape index (κ1) is 14.3. The molecule has 1 aliphatic rings. The minimum Gasteiger partial charge on any atom is -0.311 e. The highest BCUT2D eigenvalue weighted by atomic mass is 32.2. The number of thioether (sulfide) groups is 1. The molecular weight excluding hydrogens is 216 g/mol. The van der Waals surface area contributed by atoms with E-state index in [2.05, 4.69) is 49.7 Å². The van der Waals surface area contributed by atoms with Crippen LogP contribution in [0.4, 0.5) is 0 Å². The zero-order chi connectivity index (χ0) is 12.0. The monoisotopic (exact) mass is 244 g/mol. The second-order valence-electron chi connectivity index (χ2n) is 4.98. The van der Waals surface area contributed by atoms with E-state index in [9.17, 15) is 0 Å². The summed E-state index contributed by atoms with van der Waals surface area (Å²) in [5.74, 6) is 2.52. The van der Waals surface area contributed by atoms with Crippen LogP contribution in [0.15, 0.2) is 0 Å². The van der Waals surface area contributed by atoms with Gasteiger partial charge in [0.2, 0.25) is 0 Å². The Labute approximate surface area is 106 Å². The highest BCUT2D eigenvalue weighted by molar-refractivity contribution is 7.99. The molecule has 0 amide bonds. The van der Waals surface area contributed by atoms with Crippen molar-refractivity contribution in [2.45, 2.75) is 52.1 Å². The van der Waals surface area contributed by atoms with E-state index >= 15 is 0 Å². The van der Waals surface area contributed by atoms with E-state index in [1.54, 1.807) is 0 Å². The SMILES string of the molecule is CCSCCN1CC(CC)NCC1(C)CC. The molecule has 1 fully saturated rings. The third-order valence-corrected chi connectivity index (χ3v) is 4.82. The molecule has 1 saturated heterocycles. The lowest BCUT2D eigenvalue weighted by molar-refractivity contribution is 0.0545. The predicted octanol–water partition coefficient (Wildman–Crippen LogP) is 2.59. The highest BCUT2D eigenvalue weighted by Gasteiger charge is 2.35. The van der Waals surface area contributed by atoms with E-state index in [-0.39, 0.29) is 0 Å². The maximum Gasteiger partial charge on any atom is 0.0304 e. The summed E-state index contributed by atoms with van der Waals surface area (Å²) in [6.07, 6.45) is 2.49. The van der Waals surface area contributed by atoms with Crippen LogP contribution in [-0.2, 0) is 0 Å². The molecule has 2 atom stereocenters. The molecule has 16 heavy (non-hydrogen) atoms. The zero-order valence-corrected chi connectivity index (χ0v) is 12.2. The van der Waals surface area contributed by atoms with E-state index < -0.39 is 0 Å². The summed E-state index contributed by atoms with van der Waals surface area (Å²) < 4.78 is 0. The fourth-order valence-electron chi connectivity index (χ4n) is 2.33. The normalized spacial score (nSPS) is 31.9. The molecule has 0 aliphatic carbocycles. The molecule has 0 aromatic carbocycles. The van der Waals surface area contributed by atoms with Crippen molar-refractivity contribution in [3.63, 3.8) is 0 Å². The van der Waals surface area contributed by atoms with Crippen LogP contribution < -0.4 is 5.32 Å². The maximum atomic E-state index is 3.68. The number of hydrogen-bond acceptors (Lipinski definition) is 3. The van der Waals surface area contributed by atoms with Gasteiger partial charge < -0.3 is 5.32 Å². The molecule has 0 spiro atoms. The number of hydrogen-bond donors (Lipinski definition) is 1. The third kappa shape index (κ3) is 3.64. The summed E-state index contributed by atoms with van der Waals surface area (Å²) in [5.41, 5.74) is 0.375. The standard InChI is InChI=1S/C13H28N2S/c1-5-12-10-15(8-9-16-7-3)13(4,6-2)11-14-12/h12,14H,5-11H2,1-4H3. The van der Waals surface area contributed by atoms with E-state index in [0.29, 0.717) is 11.6 Å². The van der Waals surface area contributed by atoms with Gasteiger partial charge in [-0.3, -0.25) is 4.90 Å². The van der Waals surface area contributed by atoms with Crippen molar-refractivity contribution in [2.75, 3.05) is 31.1 Å². The summed E-state index contributed by atoms with van der Waals surface area (Å²) in [5, 5.41) is 3.68. The molecule has 96 valence electrons. The van der Waals surface area contributed by atoms with Crippen molar-refractivity contribution in [3.05, 3.63) is 0 Å². The summed E-state index contributed by atoms with van der Waals surface area (Å²) >= 11 is 2.06. The Bertz CT molecular complexity index is 198. The smallest absolute Gasteiger partial charge is 0.0304 e. The van der Waals surface area contributed by atoms with Gasteiger partial charge in [-0.1, -0.05) is 20.8 Å². The van der Waals surface area contributed by atoms with Gasteiger partial charge in [0, 0.05) is 37.0 Å². The van der Waals surface area contributed by atoms with Crippen molar-refractivity contribution in [1.82, 2.24) is 10.2 Å². The van der Waals surface area contributed by atoms with Crippen molar-refractivity contribution in [2.24, 2.45) is 0 Å². The maximum absolute atomic E-state index is 3.68. The lowest BCUT2D eigenvalue weighted by Crippen LogP contribution is -2.63. The molecule has 1 aliphatic heterocycles. The third-order valence-electron chi connectivity index (χ3n) is 3.94. The van der Waals surface area contributed by atoms with Gasteiger partial charge in [0.1, 0.15) is 0 Å². The summed E-state index contributed by atoms with van der Waals surface area (Å²) in [6.45, 7) is 12.9. The van der Waals surface area contributed by atoms with E-state index in [4.69, 9.17) is 0 Å². The predicted molar refractivity (Wildman–Crippen MR) is 75.3 cm³/mol. The fraction of sp³-hybridized carbons (Fsp3) is 1.00. The van der Waals surface area contributed by atoms with Gasteiger partial charge in [-0.15, -0.1) is 0 Å². The lowest BCUT2D eigenvalue weighted by atomic mass is 9.91. The van der Waals surface area contributed by atoms with Gasteiger partial charge >= 0.3 is 0 Å². The molecule has 2 nitrogen and oxygen atoms in total. The Kier molecular flexibility index (Phi) is 6.16. The van der Waals surface area contributed by atoms with Crippen molar-refractivity contribution >= 4 is 11.8 Å². The molecule has 0 bridgehead atoms.